The molecule has 4 nitrogen and oxygen atoms in total. The third-order valence-corrected chi connectivity index (χ3v) is 2.36. The molecule has 0 unspecified atom stereocenters. The average molecular weight is 240 g/mol. The van der Waals surface area contributed by atoms with Gasteiger partial charge in [0.25, 0.3) is 0 Å². The maximum absolute atomic E-state index is 11.4. The minimum atomic E-state index is -0.387. The molecule has 0 bridgehead atoms. The number of allylic oxidation sites excluding steroid dienone is 2. The SMILES string of the molecule is CC=C(C)C(=O)OCCOC(=O)C(C)=C(C)C. The van der Waals surface area contributed by atoms with Crippen molar-refractivity contribution in [1.82, 2.24) is 0 Å². The highest BCUT2D eigenvalue weighted by Gasteiger charge is 2.08. The fraction of sp³-hybridized carbons (Fsp3) is 0.538. The van der Waals surface area contributed by atoms with E-state index in [2.05, 4.69) is 0 Å². The summed E-state index contributed by atoms with van der Waals surface area (Å²) in [5, 5.41) is 0. The second kappa shape index (κ2) is 7.65. The summed E-state index contributed by atoms with van der Waals surface area (Å²) in [5.41, 5.74) is 2.04. The summed E-state index contributed by atoms with van der Waals surface area (Å²) in [6.07, 6.45) is 1.67. The predicted octanol–water partition coefficient (Wildman–Crippen LogP) is 2.40. The predicted molar refractivity (Wildman–Crippen MR) is 65.4 cm³/mol. The van der Waals surface area contributed by atoms with E-state index in [4.69, 9.17) is 9.47 Å². The maximum atomic E-state index is 11.4. The van der Waals surface area contributed by atoms with Gasteiger partial charge in [0.1, 0.15) is 13.2 Å². The molecule has 0 amide bonds. The van der Waals surface area contributed by atoms with Gasteiger partial charge in [-0.25, -0.2) is 9.59 Å². The van der Waals surface area contributed by atoms with Gasteiger partial charge in [-0.05, 0) is 34.6 Å². The van der Waals surface area contributed by atoms with Gasteiger partial charge in [0.15, 0.2) is 0 Å². The van der Waals surface area contributed by atoms with Crippen LogP contribution >= 0.6 is 0 Å². The number of carbonyl (C=O) groups excluding carboxylic acids is 2. The summed E-state index contributed by atoms with van der Waals surface area (Å²) < 4.78 is 9.82. The number of hydrogen-bond acceptors (Lipinski definition) is 4. The molecule has 96 valence electrons. The smallest absolute Gasteiger partial charge is 0.333 e. The Morgan fingerprint density at radius 1 is 0.941 bits per heavy atom. The lowest BCUT2D eigenvalue weighted by Crippen LogP contribution is -2.15. The van der Waals surface area contributed by atoms with E-state index in [1.165, 1.54) is 0 Å². The van der Waals surface area contributed by atoms with E-state index in [0.717, 1.165) is 5.57 Å². The first-order valence-electron chi connectivity index (χ1n) is 5.51. The number of esters is 2. The molecule has 0 aliphatic heterocycles. The van der Waals surface area contributed by atoms with E-state index in [1.54, 1.807) is 26.8 Å². The molecule has 0 aromatic rings. The molecule has 0 aromatic heterocycles. The zero-order chi connectivity index (χ0) is 13.4. The first kappa shape index (κ1) is 15.4. The molecule has 0 saturated carbocycles. The third-order valence-electron chi connectivity index (χ3n) is 2.36. The zero-order valence-electron chi connectivity index (χ0n) is 11.1. The normalized spacial score (nSPS) is 10.8. The van der Waals surface area contributed by atoms with Gasteiger partial charge in [0.05, 0.1) is 0 Å². The van der Waals surface area contributed by atoms with Crippen LogP contribution in [0.25, 0.3) is 0 Å². The summed E-state index contributed by atoms with van der Waals surface area (Å²) in [6.45, 7) is 8.96. The molecule has 0 rings (SSSR count). The number of rotatable bonds is 5. The fourth-order valence-electron chi connectivity index (χ4n) is 0.813. The lowest BCUT2D eigenvalue weighted by Gasteiger charge is -2.07. The van der Waals surface area contributed by atoms with E-state index in [0.29, 0.717) is 11.1 Å². The van der Waals surface area contributed by atoms with Gasteiger partial charge in [0, 0.05) is 11.1 Å². The minimum absolute atomic E-state index is 0.0752. The third kappa shape index (κ3) is 5.90. The molecular formula is C13H20O4. The van der Waals surface area contributed by atoms with Crippen LogP contribution in [-0.4, -0.2) is 25.2 Å². The Balaban J connectivity index is 3.92. The topological polar surface area (TPSA) is 52.6 Å². The molecule has 4 heteroatoms. The first-order valence-corrected chi connectivity index (χ1v) is 5.51. The molecule has 0 aliphatic carbocycles. The summed E-state index contributed by atoms with van der Waals surface area (Å²) in [6, 6.07) is 0. The van der Waals surface area contributed by atoms with E-state index in [9.17, 15) is 9.59 Å². The molecule has 0 aliphatic rings. The Morgan fingerprint density at radius 2 is 1.41 bits per heavy atom. The first-order chi connectivity index (χ1) is 7.90. The van der Waals surface area contributed by atoms with Crippen LogP contribution in [0.1, 0.15) is 34.6 Å². The summed E-state index contributed by atoms with van der Waals surface area (Å²) in [7, 11) is 0. The van der Waals surface area contributed by atoms with E-state index < -0.39 is 0 Å². The molecule has 0 saturated heterocycles. The zero-order valence-corrected chi connectivity index (χ0v) is 11.1. The summed E-state index contributed by atoms with van der Waals surface area (Å²) in [4.78, 5) is 22.6. The molecule has 0 fully saturated rings. The average Bonchev–Trinajstić information content (AvgIpc) is 2.31. The van der Waals surface area contributed by atoms with E-state index in [-0.39, 0.29) is 25.2 Å². The van der Waals surface area contributed by atoms with Crippen molar-refractivity contribution in [3.05, 3.63) is 22.8 Å². The highest BCUT2D eigenvalue weighted by atomic mass is 16.6. The number of hydrogen-bond donors (Lipinski definition) is 0. The van der Waals surface area contributed by atoms with Crippen LogP contribution in [-0.2, 0) is 19.1 Å². The molecule has 0 radical (unpaired) electrons. The highest BCUT2D eigenvalue weighted by Crippen LogP contribution is 2.04. The molecule has 0 spiro atoms. The Morgan fingerprint density at radius 3 is 1.82 bits per heavy atom. The maximum Gasteiger partial charge on any atom is 0.333 e. The standard InChI is InChI=1S/C13H20O4/c1-6-10(4)12(14)16-7-8-17-13(15)11(5)9(2)3/h6H,7-8H2,1-5H3. The second-order valence-electron chi connectivity index (χ2n) is 3.87. The van der Waals surface area contributed by atoms with E-state index in [1.807, 2.05) is 13.8 Å². The van der Waals surface area contributed by atoms with Crippen molar-refractivity contribution in [2.45, 2.75) is 34.6 Å². The number of ether oxygens (including phenoxy) is 2. The summed E-state index contributed by atoms with van der Waals surface area (Å²) >= 11 is 0. The van der Waals surface area contributed by atoms with Crippen molar-refractivity contribution in [3.63, 3.8) is 0 Å². The Bertz CT molecular complexity index is 346. The molecular weight excluding hydrogens is 220 g/mol. The van der Waals surface area contributed by atoms with Crippen molar-refractivity contribution >= 4 is 11.9 Å². The van der Waals surface area contributed by atoms with Gasteiger partial charge in [-0.1, -0.05) is 11.6 Å². The Kier molecular flexibility index (Phi) is 6.94. The Hall–Kier alpha value is -1.58. The largest absolute Gasteiger partial charge is 0.459 e. The van der Waals surface area contributed by atoms with E-state index >= 15 is 0 Å². The van der Waals surface area contributed by atoms with Gasteiger partial charge in [-0.2, -0.15) is 0 Å². The van der Waals surface area contributed by atoms with Crippen LogP contribution in [0.4, 0.5) is 0 Å². The quantitative estimate of drug-likeness (QED) is 0.420. The minimum Gasteiger partial charge on any atom is -0.459 e. The van der Waals surface area contributed by atoms with Gasteiger partial charge >= 0.3 is 11.9 Å². The highest BCUT2D eigenvalue weighted by molar-refractivity contribution is 5.88. The van der Waals surface area contributed by atoms with Crippen molar-refractivity contribution in [1.29, 1.82) is 0 Å². The molecule has 17 heavy (non-hydrogen) atoms. The van der Waals surface area contributed by atoms with Crippen LogP contribution in [0.2, 0.25) is 0 Å². The number of carbonyl (C=O) groups is 2. The molecule has 0 aromatic carbocycles. The van der Waals surface area contributed by atoms with Crippen molar-refractivity contribution in [2.24, 2.45) is 0 Å². The second-order valence-corrected chi connectivity index (χ2v) is 3.87. The monoisotopic (exact) mass is 240 g/mol. The lowest BCUT2D eigenvalue weighted by molar-refractivity contribution is -0.147. The van der Waals surface area contributed by atoms with Crippen molar-refractivity contribution in [2.75, 3.05) is 13.2 Å². The Labute approximate surface area is 102 Å². The van der Waals surface area contributed by atoms with Crippen LogP contribution in [0.3, 0.4) is 0 Å². The molecule has 0 heterocycles. The van der Waals surface area contributed by atoms with Gasteiger partial charge in [-0.3, -0.25) is 0 Å². The lowest BCUT2D eigenvalue weighted by atomic mass is 10.2. The molecule has 0 atom stereocenters. The van der Waals surface area contributed by atoms with Gasteiger partial charge in [0.2, 0.25) is 0 Å². The van der Waals surface area contributed by atoms with Crippen LogP contribution in [0.5, 0.6) is 0 Å². The van der Waals surface area contributed by atoms with Crippen LogP contribution in [0, 0.1) is 0 Å². The summed E-state index contributed by atoms with van der Waals surface area (Å²) in [5.74, 6) is -0.758. The molecule has 0 N–H and O–H groups in total. The van der Waals surface area contributed by atoms with Crippen LogP contribution < -0.4 is 0 Å². The fourth-order valence-corrected chi connectivity index (χ4v) is 0.813. The van der Waals surface area contributed by atoms with Crippen molar-refractivity contribution in [3.8, 4) is 0 Å². The van der Waals surface area contributed by atoms with Gasteiger partial charge in [-0.15, -0.1) is 0 Å². The van der Waals surface area contributed by atoms with Gasteiger partial charge < -0.3 is 9.47 Å². The van der Waals surface area contributed by atoms with Crippen LogP contribution in [0.15, 0.2) is 22.8 Å². The van der Waals surface area contributed by atoms with Crippen molar-refractivity contribution < 1.29 is 19.1 Å².